The van der Waals surface area contributed by atoms with E-state index in [0.29, 0.717) is 18.8 Å². The Hall–Kier alpha value is -3.16. The van der Waals surface area contributed by atoms with Crippen molar-refractivity contribution in [3.63, 3.8) is 0 Å². The molecular formula is C26H29N3O3S. The number of hydrogen-bond acceptors (Lipinski definition) is 6. The van der Waals surface area contributed by atoms with Gasteiger partial charge in [0.2, 0.25) is 0 Å². The molecule has 0 saturated carbocycles. The molecule has 4 rings (SSSR count). The highest BCUT2D eigenvalue weighted by molar-refractivity contribution is 8.00. The van der Waals surface area contributed by atoms with Crippen molar-refractivity contribution in [2.75, 3.05) is 24.9 Å². The number of anilines is 1. The molecule has 1 heterocycles. The number of nitrogens with one attached hydrogen (secondary N) is 1. The fraction of sp³-hybridized carbons (Fsp3) is 0.269. The molecule has 1 aliphatic rings. The number of para-hydroxylation sites is 1. The molecule has 1 fully saturated rings. The summed E-state index contributed by atoms with van der Waals surface area (Å²) in [5.41, 5.74) is 10.0. The summed E-state index contributed by atoms with van der Waals surface area (Å²) in [6.45, 7) is 4.88. The lowest BCUT2D eigenvalue weighted by Crippen LogP contribution is -2.37. The molecule has 3 aromatic rings. The Bertz CT molecular complexity index is 1140. The smallest absolute Gasteiger partial charge is 0.254 e. The summed E-state index contributed by atoms with van der Waals surface area (Å²) >= 11 is 1.47. The van der Waals surface area contributed by atoms with Crippen LogP contribution in [0.5, 0.6) is 11.5 Å². The van der Waals surface area contributed by atoms with Gasteiger partial charge in [0.1, 0.15) is 17.6 Å². The SMILES string of the molecule is COc1ccccc1SNc1cccc(OC2CN(C(=O)c3cc(C)ccc3C)CC2N)c1. The van der Waals surface area contributed by atoms with Gasteiger partial charge in [0.25, 0.3) is 5.91 Å². The van der Waals surface area contributed by atoms with E-state index in [1.54, 1.807) is 12.0 Å². The zero-order valence-corrected chi connectivity index (χ0v) is 19.9. The van der Waals surface area contributed by atoms with Gasteiger partial charge < -0.3 is 24.8 Å². The minimum absolute atomic E-state index is 0.00127. The van der Waals surface area contributed by atoms with Crippen molar-refractivity contribution in [1.29, 1.82) is 0 Å². The summed E-state index contributed by atoms with van der Waals surface area (Å²) in [4.78, 5) is 15.9. The van der Waals surface area contributed by atoms with Gasteiger partial charge in [-0.25, -0.2) is 0 Å². The topological polar surface area (TPSA) is 76.8 Å². The number of nitrogens with zero attached hydrogens (tertiary/aromatic N) is 1. The van der Waals surface area contributed by atoms with Gasteiger partial charge >= 0.3 is 0 Å². The molecule has 3 N–H and O–H groups in total. The second-order valence-corrected chi connectivity index (χ2v) is 9.08. The van der Waals surface area contributed by atoms with Crippen molar-refractivity contribution in [3.05, 3.63) is 83.4 Å². The van der Waals surface area contributed by atoms with Crippen LogP contribution >= 0.6 is 11.9 Å². The average molecular weight is 464 g/mol. The molecule has 7 heteroatoms. The number of carbonyl (C=O) groups excluding carboxylic acids is 1. The third-order valence-corrected chi connectivity index (χ3v) is 6.58. The van der Waals surface area contributed by atoms with Crippen LogP contribution < -0.4 is 19.9 Å². The van der Waals surface area contributed by atoms with Crippen molar-refractivity contribution >= 4 is 23.5 Å². The van der Waals surface area contributed by atoms with Gasteiger partial charge in [-0.3, -0.25) is 4.79 Å². The second-order valence-electron chi connectivity index (χ2n) is 8.23. The number of likely N-dealkylation sites (tertiary alicyclic amines) is 1. The first kappa shape index (κ1) is 23.0. The minimum Gasteiger partial charge on any atom is -0.496 e. The average Bonchev–Trinajstić information content (AvgIpc) is 3.19. The van der Waals surface area contributed by atoms with Gasteiger partial charge in [0.15, 0.2) is 0 Å². The molecule has 3 aromatic carbocycles. The molecular weight excluding hydrogens is 434 g/mol. The van der Waals surface area contributed by atoms with Crippen LogP contribution in [0.2, 0.25) is 0 Å². The third kappa shape index (κ3) is 5.43. The first-order chi connectivity index (χ1) is 15.9. The van der Waals surface area contributed by atoms with Crippen LogP contribution in [0, 0.1) is 13.8 Å². The number of nitrogens with two attached hydrogens (primary N) is 1. The molecule has 1 amide bonds. The lowest BCUT2D eigenvalue weighted by molar-refractivity contribution is 0.0771. The second kappa shape index (κ2) is 10.2. The van der Waals surface area contributed by atoms with Crippen molar-refractivity contribution < 1.29 is 14.3 Å². The van der Waals surface area contributed by atoms with E-state index in [2.05, 4.69) is 4.72 Å². The maximum atomic E-state index is 13.1. The van der Waals surface area contributed by atoms with Crippen LogP contribution in [-0.2, 0) is 0 Å². The lowest BCUT2D eigenvalue weighted by atomic mass is 10.0. The Morgan fingerprint density at radius 2 is 1.88 bits per heavy atom. The summed E-state index contributed by atoms with van der Waals surface area (Å²) in [6, 6.07) is 21.3. The number of aryl methyl sites for hydroxylation is 2. The van der Waals surface area contributed by atoms with Crippen LogP contribution in [-0.4, -0.2) is 43.2 Å². The molecule has 0 aliphatic carbocycles. The molecule has 172 valence electrons. The van der Waals surface area contributed by atoms with E-state index in [4.69, 9.17) is 15.2 Å². The van der Waals surface area contributed by atoms with Crippen molar-refractivity contribution in [2.45, 2.75) is 30.9 Å². The third-order valence-electron chi connectivity index (χ3n) is 5.69. The number of ether oxygens (including phenoxy) is 2. The van der Waals surface area contributed by atoms with Crippen molar-refractivity contribution in [1.82, 2.24) is 4.90 Å². The standard InChI is InChI=1S/C26H29N3O3S/c1-17-11-12-18(2)21(13-17)26(30)29-15-22(27)24(16-29)32-20-8-6-7-19(14-20)28-33-25-10-5-4-9-23(25)31-3/h4-14,22,24,28H,15-16,27H2,1-3H3. The molecule has 1 aliphatic heterocycles. The highest BCUT2D eigenvalue weighted by Crippen LogP contribution is 2.31. The van der Waals surface area contributed by atoms with Gasteiger partial charge in [-0.15, -0.1) is 0 Å². The Balaban J connectivity index is 1.40. The van der Waals surface area contributed by atoms with E-state index in [0.717, 1.165) is 33.0 Å². The molecule has 0 radical (unpaired) electrons. The Morgan fingerprint density at radius 1 is 1.06 bits per heavy atom. The van der Waals surface area contributed by atoms with E-state index in [1.807, 2.05) is 80.6 Å². The molecule has 6 nitrogen and oxygen atoms in total. The fourth-order valence-electron chi connectivity index (χ4n) is 3.85. The maximum Gasteiger partial charge on any atom is 0.254 e. The Kier molecular flexibility index (Phi) is 7.11. The highest BCUT2D eigenvalue weighted by atomic mass is 32.2. The van der Waals surface area contributed by atoms with Crippen LogP contribution in [0.15, 0.2) is 71.6 Å². The zero-order valence-electron chi connectivity index (χ0n) is 19.1. The predicted octanol–water partition coefficient (Wildman–Crippen LogP) is 4.66. The first-order valence-electron chi connectivity index (χ1n) is 10.9. The number of benzene rings is 3. The fourth-order valence-corrected chi connectivity index (χ4v) is 4.60. The van der Waals surface area contributed by atoms with E-state index in [1.165, 1.54) is 11.9 Å². The van der Waals surface area contributed by atoms with E-state index in [-0.39, 0.29) is 18.1 Å². The maximum absolute atomic E-state index is 13.1. The van der Waals surface area contributed by atoms with Crippen molar-refractivity contribution in [2.24, 2.45) is 5.73 Å². The summed E-state index contributed by atoms with van der Waals surface area (Å²) in [6.07, 6.45) is -0.267. The van der Waals surface area contributed by atoms with E-state index in [9.17, 15) is 4.79 Å². The Labute approximate surface area is 199 Å². The van der Waals surface area contributed by atoms with E-state index >= 15 is 0 Å². The summed E-state index contributed by atoms with van der Waals surface area (Å²) < 4.78 is 14.9. The van der Waals surface area contributed by atoms with Crippen LogP contribution in [0.3, 0.4) is 0 Å². The number of methoxy groups -OCH3 is 1. The van der Waals surface area contributed by atoms with Gasteiger partial charge in [-0.2, -0.15) is 0 Å². The highest BCUT2D eigenvalue weighted by Gasteiger charge is 2.35. The van der Waals surface area contributed by atoms with Crippen molar-refractivity contribution in [3.8, 4) is 11.5 Å². The Morgan fingerprint density at radius 3 is 2.70 bits per heavy atom. The van der Waals surface area contributed by atoms with Gasteiger partial charge in [-0.1, -0.05) is 35.9 Å². The number of hydrogen-bond donors (Lipinski definition) is 2. The minimum atomic E-state index is -0.267. The molecule has 0 bridgehead atoms. The lowest BCUT2D eigenvalue weighted by Gasteiger charge is -2.19. The molecule has 0 aromatic heterocycles. The van der Waals surface area contributed by atoms with Gasteiger partial charge in [-0.05, 0) is 61.7 Å². The summed E-state index contributed by atoms with van der Waals surface area (Å²) in [7, 11) is 1.66. The van der Waals surface area contributed by atoms with Crippen LogP contribution in [0.1, 0.15) is 21.5 Å². The summed E-state index contributed by atoms with van der Waals surface area (Å²) in [5, 5.41) is 0. The normalized spacial score (nSPS) is 17.6. The molecule has 0 spiro atoms. The van der Waals surface area contributed by atoms with Gasteiger partial charge in [0.05, 0.1) is 24.6 Å². The number of rotatable bonds is 7. The first-order valence-corrected chi connectivity index (χ1v) is 11.7. The largest absolute Gasteiger partial charge is 0.496 e. The van der Waals surface area contributed by atoms with Crippen LogP contribution in [0.25, 0.3) is 0 Å². The number of carbonyl (C=O) groups is 1. The molecule has 1 saturated heterocycles. The van der Waals surface area contributed by atoms with Gasteiger partial charge in [0, 0.05) is 23.9 Å². The van der Waals surface area contributed by atoms with E-state index < -0.39 is 0 Å². The molecule has 2 unspecified atom stereocenters. The molecule has 2 atom stereocenters. The van der Waals surface area contributed by atoms with Crippen LogP contribution in [0.4, 0.5) is 5.69 Å². The molecule has 33 heavy (non-hydrogen) atoms. The monoisotopic (exact) mass is 463 g/mol. The quantitative estimate of drug-likeness (QED) is 0.496. The zero-order chi connectivity index (χ0) is 23.4. The number of amides is 1. The predicted molar refractivity (Wildman–Crippen MR) is 133 cm³/mol. The summed E-state index contributed by atoms with van der Waals surface area (Å²) in [5.74, 6) is 1.52.